The van der Waals surface area contributed by atoms with Gasteiger partial charge in [0, 0.05) is 24.0 Å². The second-order valence-corrected chi connectivity index (χ2v) is 7.67. The van der Waals surface area contributed by atoms with Crippen molar-refractivity contribution >= 4 is 33.7 Å². The maximum absolute atomic E-state index is 3.48. The molecule has 0 heterocycles. The Kier molecular flexibility index (Phi) is 3.31. The molecular weight excluding hydrogens is 336 g/mol. The van der Waals surface area contributed by atoms with E-state index < -0.39 is 0 Å². The van der Waals surface area contributed by atoms with Crippen LogP contribution in [-0.2, 0) is 12.8 Å². The van der Waals surface area contributed by atoms with Crippen molar-refractivity contribution in [2.45, 2.75) is 12.8 Å². The van der Waals surface area contributed by atoms with Gasteiger partial charge in [0.2, 0.25) is 0 Å². The molecule has 0 heteroatoms. The van der Waals surface area contributed by atoms with E-state index in [1.807, 2.05) is 0 Å². The monoisotopic (exact) mass is 354 g/mol. The lowest BCUT2D eigenvalue weighted by Crippen LogP contribution is -1.99. The molecule has 130 valence electrons. The molecule has 0 saturated heterocycles. The van der Waals surface area contributed by atoms with Crippen LogP contribution in [0.25, 0.3) is 33.7 Å². The van der Waals surface area contributed by atoms with Crippen LogP contribution in [0.2, 0.25) is 0 Å². The molecule has 0 aromatic heterocycles. The van der Waals surface area contributed by atoms with Crippen LogP contribution in [0.4, 0.5) is 0 Å². The Morgan fingerprint density at radius 1 is 0.500 bits per heavy atom. The quantitative estimate of drug-likeness (QED) is 0.313. The Morgan fingerprint density at radius 3 is 1.39 bits per heavy atom. The van der Waals surface area contributed by atoms with Gasteiger partial charge in [-0.15, -0.1) is 0 Å². The van der Waals surface area contributed by atoms with Crippen LogP contribution in [0, 0.1) is 11.8 Å². The zero-order chi connectivity index (χ0) is 18.5. The second kappa shape index (κ2) is 5.98. The molecule has 2 aliphatic carbocycles. The van der Waals surface area contributed by atoms with Gasteiger partial charge in [-0.2, -0.15) is 0 Å². The topological polar surface area (TPSA) is 0 Å². The van der Waals surface area contributed by atoms with E-state index in [9.17, 15) is 0 Å². The molecule has 0 atom stereocenters. The lowest BCUT2D eigenvalue weighted by atomic mass is 9.88. The van der Waals surface area contributed by atoms with Crippen molar-refractivity contribution < 1.29 is 0 Å². The van der Waals surface area contributed by atoms with Crippen LogP contribution in [-0.4, -0.2) is 0 Å². The fraction of sp³-hybridized carbons (Fsp3) is 0.0714. The Balaban J connectivity index is 1.41. The maximum atomic E-state index is 3.48. The highest BCUT2D eigenvalue weighted by Crippen LogP contribution is 2.32. The molecule has 0 radical (unpaired) electrons. The van der Waals surface area contributed by atoms with Crippen LogP contribution >= 0.6 is 0 Å². The predicted octanol–water partition coefficient (Wildman–Crippen LogP) is 6.58. The van der Waals surface area contributed by atoms with Crippen LogP contribution in [0.15, 0.2) is 83.9 Å². The summed E-state index contributed by atoms with van der Waals surface area (Å²) in [6, 6.07) is 26.2. The molecule has 0 saturated carbocycles. The van der Waals surface area contributed by atoms with Crippen LogP contribution in [0.1, 0.15) is 22.3 Å². The van der Waals surface area contributed by atoms with Gasteiger partial charge in [0.1, 0.15) is 0 Å². The lowest BCUT2D eigenvalue weighted by molar-refractivity contribution is 1.22. The van der Waals surface area contributed by atoms with Gasteiger partial charge >= 0.3 is 0 Å². The van der Waals surface area contributed by atoms with E-state index in [-0.39, 0.29) is 0 Å². The zero-order valence-electron chi connectivity index (χ0n) is 15.5. The standard InChI is InChI=1S/C28H18/c1-5-21-6-2-10-24-16-19(15-23(9-1)27(21)24)13-14-20-17-25-11-3-7-22-8-4-12-26(18-20)28(22)25/h1-12,15,17H,16,18H2. The summed E-state index contributed by atoms with van der Waals surface area (Å²) in [5.41, 5.74) is 7.74. The van der Waals surface area contributed by atoms with Crippen molar-refractivity contribution in [1.82, 2.24) is 0 Å². The van der Waals surface area contributed by atoms with Crippen molar-refractivity contribution in [2.75, 3.05) is 0 Å². The Morgan fingerprint density at radius 2 is 0.929 bits per heavy atom. The van der Waals surface area contributed by atoms with E-state index in [0.29, 0.717) is 0 Å². The van der Waals surface area contributed by atoms with E-state index in [1.165, 1.54) is 54.9 Å². The Bertz CT molecular complexity index is 1280. The van der Waals surface area contributed by atoms with Crippen LogP contribution in [0.5, 0.6) is 0 Å². The largest absolute Gasteiger partial charge is 0.0661 e. The van der Waals surface area contributed by atoms with E-state index in [0.717, 1.165) is 12.8 Å². The molecular formula is C28H18. The molecule has 4 aromatic carbocycles. The van der Waals surface area contributed by atoms with E-state index in [1.54, 1.807) is 0 Å². The minimum Gasteiger partial charge on any atom is -0.0661 e. The Hall–Kier alpha value is -3.56. The molecule has 0 N–H and O–H groups in total. The fourth-order valence-corrected chi connectivity index (χ4v) is 4.64. The van der Waals surface area contributed by atoms with Gasteiger partial charge in [-0.1, -0.05) is 84.6 Å². The highest BCUT2D eigenvalue weighted by atomic mass is 14.2. The van der Waals surface area contributed by atoms with Crippen LogP contribution < -0.4 is 0 Å². The molecule has 6 rings (SSSR count). The number of allylic oxidation sites excluding steroid dienone is 2. The number of benzene rings is 4. The van der Waals surface area contributed by atoms with Gasteiger partial charge < -0.3 is 0 Å². The molecule has 2 aliphatic rings. The first kappa shape index (κ1) is 15.5. The van der Waals surface area contributed by atoms with E-state index >= 15 is 0 Å². The SMILES string of the molecule is C(#CC1=Cc2cccc3cccc(c23)C1)C1=Cc2cccc3cccc(c23)C1. The average molecular weight is 354 g/mol. The summed E-state index contributed by atoms with van der Waals surface area (Å²) in [5, 5.41) is 5.40. The summed E-state index contributed by atoms with van der Waals surface area (Å²) in [6.07, 6.45) is 6.36. The zero-order valence-corrected chi connectivity index (χ0v) is 15.5. The minimum absolute atomic E-state index is 0.917. The molecule has 0 bridgehead atoms. The van der Waals surface area contributed by atoms with E-state index in [2.05, 4.69) is 96.8 Å². The number of hydrogen-bond donors (Lipinski definition) is 0. The smallest absolute Gasteiger partial charge is 0.00741 e. The summed E-state index contributed by atoms with van der Waals surface area (Å²) in [7, 11) is 0. The van der Waals surface area contributed by atoms with Gasteiger partial charge in [-0.3, -0.25) is 0 Å². The molecule has 0 spiro atoms. The minimum atomic E-state index is 0.917. The molecule has 0 unspecified atom stereocenters. The molecule has 0 nitrogen and oxygen atoms in total. The molecule has 4 aromatic rings. The first-order valence-corrected chi connectivity index (χ1v) is 9.79. The third-order valence-electron chi connectivity index (χ3n) is 5.85. The van der Waals surface area contributed by atoms with Crippen molar-refractivity contribution in [3.63, 3.8) is 0 Å². The maximum Gasteiger partial charge on any atom is 0.00741 e. The summed E-state index contributed by atoms with van der Waals surface area (Å²) in [5.74, 6) is 6.96. The fourth-order valence-electron chi connectivity index (χ4n) is 4.64. The van der Waals surface area contributed by atoms with E-state index in [4.69, 9.17) is 0 Å². The first-order valence-electron chi connectivity index (χ1n) is 9.79. The number of rotatable bonds is 0. The van der Waals surface area contributed by atoms with Gasteiger partial charge in [-0.25, -0.2) is 0 Å². The normalized spacial score (nSPS) is 14.3. The van der Waals surface area contributed by atoms with Gasteiger partial charge in [-0.05, 0) is 56.0 Å². The highest BCUT2D eigenvalue weighted by Gasteiger charge is 2.14. The van der Waals surface area contributed by atoms with Crippen molar-refractivity contribution in [1.29, 1.82) is 0 Å². The molecule has 0 fully saturated rings. The van der Waals surface area contributed by atoms with Crippen molar-refractivity contribution in [3.8, 4) is 11.8 Å². The number of hydrogen-bond acceptors (Lipinski definition) is 0. The molecule has 0 amide bonds. The average Bonchev–Trinajstić information content (AvgIpc) is 2.73. The van der Waals surface area contributed by atoms with Crippen molar-refractivity contribution in [3.05, 3.63) is 106 Å². The van der Waals surface area contributed by atoms with Crippen molar-refractivity contribution in [2.24, 2.45) is 0 Å². The highest BCUT2D eigenvalue weighted by molar-refractivity contribution is 5.97. The molecule has 28 heavy (non-hydrogen) atoms. The van der Waals surface area contributed by atoms with Gasteiger partial charge in [0.05, 0.1) is 0 Å². The third kappa shape index (κ3) is 2.41. The Labute approximate surface area is 164 Å². The third-order valence-corrected chi connectivity index (χ3v) is 5.85. The predicted molar refractivity (Wildman–Crippen MR) is 119 cm³/mol. The summed E-state index contributed by atoms with van der Waals surface area (Å²) >= 11 is 0. The second-order valence-electron chi connectivity index (χ2n) is 7.67. The summed E-state index contributed by atoms with van der Waals surface area (Å²) in [4.78, 5) is 0. The lowest BCUT2D eigenvalue weighted by Gasteiger charge is -2.16. The van der Waals surface area contributed by atoms with Gasteiger partial charge in [0.15, 0.2) is 0 Å². The summed E-state index contributed by atoms with van der Waals surface area (Å²) in [6.45, 7) is 0. The first-order chi connectivity index (χ1) is 13.8. The summed E-state index contributed by atoms with van der Waals surface area (Å²) < 4.78 is 0. The van der Waals surface area contributed by atoms with Gasteiger partial charge in [0.25, 0.3) is 0 Å². The van der Waals surface area contributed by atoms with Crippen LogP contribution in [0.3, 0.4) is 0 Å². The molecule has 0 aliphatic heterocycles.